The maximum absolute atomic E-state index is 11.0. The van der Waals surface area contributed by atoms with Gasteiger partial charge >= 0.3 is 0 Å². The van der Waals surface area contributed by atoms with Crippen molar-refractivity contribution in [3.05, 3.63) is 34.3 Å². The van der Waals surface area contributed by atoms with Crippen LogP contribution in [-0.4, -0.2) is 30.4 Å². The molecule has 1 heterocycles. The van der Waals surface area contributed by atoms with Crippen LogP contribution in [0.3, 0.4) is 0 Å². The molecule has 2 rings (SSSR count). The van der Waals surface area contributed by atoms with Gasteiger partial charge in [-0.3, -0.25) is 9.69 Å². The standard InChI is InChI=1S/C13H18ClN3O/c14-12-5-10(13(16)18)1-2-11(12)8-17-4-3-9(6-15)7-17/h1-2,5,9H,3-4,6-8,15H2,(H2,16,18). The van der Waals surface area contributed by atoms with Gasteiger partial charge in [-0.05, 0) is 43.1 Å². The molecule has 1 saturated heterocycles. The third-order valence-electron chi connectivity index (χ3n) is 3.43. The fourth-order valence-electron chi connectivity index (χ4n) is 2.32. The second kappa shape index (κ2) is 5.69. The van der Waals surface area contributed by atoms with Crippen molar-refractivity contribution in [3.8, 4) is 0 Å². The Hall–Kier alpha value is -1.10. The highest BCUT2D eigenvalue weighted by atomic mass is 35.5. The smallest absolute Gasteiger partial charge is 0.248 e. The van der Waals surface area contributed by atoms with Crippen LogP contribution >= 0.6 is 11.6 Å². The molecule has 5 heteroatoms. The third kappa shape index (κ3) is 3.02. The molecule has 1 fully saturated rings. The molecule has 4 N–H and O–H groups in total. The van der Waals surface area contributed by atoms with Gasteiger partial charge in [-0.15, -0.1) is 0 Å². The maximum Gasteiger partial charge on any atom is 0.248 e. The van der Waals surface area contributed by atoms with Crippen molar-refractivity contribution >= 4 is 17.5 Å². The molecule has 0 aliphatic carbocycles. The van der Waals surface area contributed by atoms with Gasteiger partial charge in [0.25, 0.3) is 0 Å². The molecule has 98 valence electrons. The van der Waals surface area contributed by atoms with Gasteiger partial charge in [0.2, 0.25) is 5.91 Å². The molecule has 0 saturated carbocycles. The minimum absolute atomic E-state index is 0.449. The fourth-order valence-corrected chi connectivity index (χ4v) is 2.56. The van der Waals surface area contributed by atoms with Crippen LogP contribution in [0.5, 0.6) is 0 Å². The van der Waals surface area contributed by atoms with Gasteiger partial charge in [0.1, 0.15) is 0 Å². The predicted octanol–water partition coefficient (Wildman–Crippen LogP) is 1.22. The number of benzene rings is 1. The van der Waals surface area contributed by atoms with E-state index in [-0.39, 0.29) is 0 Å². The van der Waals surface area contributed by atoms with E-state index in [0.717, 1.165) is 38.2 Å². The Morgan fingerprint density at radius 2 is 2.28 bits per heavy atom. The van der Waals surface area contributed by atoms with E-state index >= 15 is 0 Å². The number of carbonyl (C=O) groups is 1. The number of rotatable bonds is 4. The van der Waals surface area contributed by atoms with Crippen LogP contribution < -0.4 is 11.5 Å². The molecule has 4 nitrogen and oxygen atoms in total. The largest absolute Gasteiger partial charge is 0.366 e. The van der Waals surface area contributed by atoms with Gasteiger partial charge in [-0.1, -0.05) is 17.7 Å². The molecule has 1 aliphatic heterocycles. The summed E-state index contributed by atoms with van der Waals surface area (Å²) in [6.45, 7) is 3.61. The first-order valence-electron chi connectivity index (χ1n) is 6.11. The average molecular weight is 268 g/mol. The summed E-state index contributed by atoms with van der Waals surface area (Å²) in [6.07, 6.45) is 1.15. The third-order valence-corrected chi connectivity index (χ3v) is 3.79. The van der Waals surface area contributed by atoms with Gasteiger partial charge < -0.3 is 11.5 Å². The number of carbonyl (C=O) groups excluding carboxylic acids is 1. The molecule has 1 atom stereocenters. The van der Waals surface area contributed by atoms with Crippen LogP contribution in [0, 0.1) is 5.92 Å². The lowest BCUT2D eigenvalue weighted by Gasteiger charge is -2.16. The van der Waals surface area contributed by atoms with Crippen LogP contribution in [0.25, 0.3) is 0 Å². The summed E-state index contributed by atoms with van der Waals surface area (Å²) in [5.41, 5.74) is 12.4. The Morgan fingerprint density at radius 3 is 2.83 bits per heavy atom. The number of hydrogen-bond donors (Lipinski definition) is 2. The molecule has 18 heavy (non-hydrogen) atoms. The van der Waals surface area contributed by atoms with Crippen LogP contribution in [-0.2, 0) is 6.54 Å². The van der Waals surface area contributed by atoms with Crippen LogP contribution in [0.2, 0.25) is 5.02 Å². The highest BCUT2D eigenvalue weighted by molar-refractivity contribution is 6.31. The summed E-state index contributed by atoms with van der Waals surface area (Å²) in [6, 6.07) is 5.23. The normalized spacial score (nSPS) is 20.2. The van der Waals surface area contributed by atoms with Gasteiger partial charge in [-0.2, -0.15) is 0 Å². The molecular formula is C13H18ClN3O. The molecule has 1 aliphatic rings. The lowest BCUT2D eigenvalue weighted by Crippen LogP contribution is -2.23. The zero-order valence-electron chi connectivity index (χ0n) is 10.2. The summed E-state index contributed by atoms with van der Waals surface area (Å²) < 4.78 is 0. The summed E-state index contributed by atoms with van der Waals surface area (Å²) in [5.74, 6) is 0.140. The van der Waals surface area contributed by atoms with Gasteiger partial charge in [0.15, 0.2) is 0 Å². The van der Waals surface area contributed by atoms with Crippen molar-refractivity contribution in [2.24, 2.45) is 17.4 Å². The Kier molecular flexibility index (Phi) is 4.22. The van der Waals surface area contributed by atoms with Crippen molar-refractivity contribution in [3.63, 3.8) is 0 Å². The monoisotopic (exact) mass is 267 g/mol. The first-order chi connectivity index (χ1) is 8.60. The van der Waals surface area contributed by atoms with E-state index in [0.29, 0.717) is 16.5 Å². The molecule has 1 amide bonds. The summed E-state index contributed by atoms with van der Waals surface area (Å²) in [5, 5.41) is 0.600. The first kappa shape index (κ1) is 13.3. The number of hydrogen-bond acceptors (Lipinski definition) is 3. The van der Waals surface area contributed by atoms with E-state index in [4.69, 9.17) is 23.1 Å². The highest BCUT2D eigenvalue weighted by Crippen LogP contribution is 2.23. The maximum atomic E-state index is 11.0. The molecule has 0 bridgehead atoms. The van der Waals surface area contributed by atoms with Crippen molar-refractivity contribution in [2.45, 2.75) is 13.0 Å². The molecule has 1 unspecified atom stereocenters. The zero-order chi connectivity index (χ0) is 13.1. The van der Waals surface area contributed by atoms with Crippen molar-refractivity contribution < 1.29 is 4.79 Å². The molecule has 0 radical (unpaired) electrons. The number of likely N-dealkylation sites (tertiary alicyclic amines) is 1. The number of nitrogens with two attached hydrogens (primary N) is 2. The second-order valence-electron chi connectivity index (χ2n) is 4.80. The van der Waals surface area contributed by atoms with Crippen LogP contribution in [0.15, 0.2) is 18.2 Å². The molecule has 1 aromatic rings. The minimum atomic E-state index is -0.451. The SMILES string of the molecule is NCC1CCN(Cc2ccc(C(N)=O)cc2Cl)C1. The van der Waals surface area contributed by atoms with E-state index in [9.17, 15) is 4.79 Å². The number of halogens is 1. The molecule has 0 aromatic heterocycles. The number of nitrogens with zero attached hydrogens (tertiary/aromatic N) is 1. The Balaban J connectivity index is 2.04. The van der Waals surface area contributed by atoms with Gasteiger partial charge in [0.05, 0.1) is 0 Å². The van der Waals surface area contributed by atoms with E-state index < -0.39 is 5.91 Å². The van der Waals surface area contributed by atoms with Crippen molar-refractivity contribution in [1.29, 1.82) is 0 Å². The molecular weight excluding hydrogens is 250 g/mol. The minimum Gasteiger partial charge on any atom is -0.366 e. The van der Waals surface area contributed by atoms with Crippen molar-refractivity contribution in [1.82, 2.24) is 4.90 Å². The average Bonchev–Trinajstić information content (AvgIpc) is 2.79. The Morgan fingerprint density at radius 1 is 1.50 bits per heavy atom. The lowest BCUT2D eigenvalue weighted by atomic mass is 10.1. The fraction of sp³-hybridized carbons (Fsp3) is 0.462. The van der Waals surface area contributed by atoms with Gasteiger partial charge in [0, 0.05) is 23.7 Å². The second-order valence-corrected chi connectivity index (χ2v) is 5.20. The molecule has 0 spiro atoms. The van der Waals surface area contributed by atoms with Crippen molar-refractivity contribution in [2.75, 3.05) is 19.6 Å². The van der Waals surface area contributed by atoms with E-state index in [1.54, 1.807) is 12.1 Å². The predicted molar refractivity (Wildman–Crippen MR) is 72.4 cm³/mol. The van der Waals surface area contributed by atoms with Crippen LogP contribution in [0.4, 0.5) is 0 Å². The topological polar surface area (TPSA) is 72.3 Å². The van der Waals surface area contributed by atoms with Crippen LogP contribution in [0.1, 0.15) is 22.3 Å². The van der Waals surface area contributed by atoms with Gasteiger partial charge in [-0.25, -0.2) is 0 Å². The number of primary amides is 1. The zero-order valence-corrected chi connectivity index (χ0v) is 11.0. The summed E-state index contributed by atoms with van der Waals surface area (Å²) >= 11 is 6.16. The summed E-state index contributed by atoms with van der Waals surface area (Å²) in [7, 11) is 0. The first-order valence-corrected chi connectivity index (χ1v) is 6.48. The Labute approximate surface area is 112 Å². The summed E-state index contributed by atoms with van der Waals surface area (Å²) in [4.78, 5) is 13.4. The van der Waals surface area contributed by atoms with E-state index in [2.05, 4.69) is 4.90 Å². The quantitative estimate of drug-likeness (QED) is 0.862. The number of amides is 1. The Bertz CT molecular complexity index is 450. The highest BCUT2D eigenvalue weighted by Gasteiger charge is 2.21. The lowest BCUT2D eigenvalue weighted by molar-refractivity contribution is 0.100. The molecule has 1 aromatic carbocycles. The van der Waals surface area contributed by atoms with E-state index in [1.165, 1.54) is 0 Å². The van der Waals surface area contributed by atoms with E-state index in [1.807, 2.05) is 6.07 Å².